The molecule has 0 amide bonds. The lowest BCUT2D eigenvalue weighted by Gasteiger charge is -2.27. The second kappa shape index (κ2) is 34.3. The van der Waals surface area contributed by atoms with Crippen molar-refractivity contribution in [3.8, 4) is 55.6 Å². The van der Waals surface area contributed by atoms with E-state index in [-0.39, 0.29) is 121 Å². The predicted octanol–water partition coefficient (Wildman–Crippen LogP) is 37.6. The summed E-state index contributed by atoms with van der Waals surface area (Å²) in [4.78, 5) is 5.39. The van der Waals surface area contributed by atoms with Gasteiger partial charge >= 0.3 is 0 Å². The molecule has 0 aliphatic heterocycles. The largest absolute Gasteiger partial charge is 0.456 e. The SMILES string of the molecule is [2H]c1c([2H])c(N(c2ccccc2)c2ccc3oc4ccccc4c3c2)c([2H])c([2H])c1-c1c([2H])c([2H])c([2H])c2c([2H])c([2H])c([2H])c([2H])c12.[2H]c1c([2H])c([2H])c2c(-c3cccc(N(c4cccc(-c5c([2H])c([2H])c([2H])c6c([2H])c([2H])c([2H])c([2H])c56)c4)c4ccc5oc6ccccc6c5c4)c3)c([2H])c([2H])c([2H])c2c1[2H].[2H]c1c([2H])c([2H])c2c(cc(-c3ccc(N(c4ccc(-c5c([2H])c6c([2H])c([2H])c([2H])c([2H])c6c6c([2H])c([2H])c([2H])c([2H])c56)cc4)c4ccc5oc6ccccc6c5c4)cc3)c3c([2H])c([2H])c([2H])c([2H])c32)c1[2H]. The lowest BCUT2D eigenvalue weighted by molar-refractivity contribution is 0.668. The molecule has 6 nitrogen and oxygen atoms in total. The van der Waals surface area contributed by atoms with Gasteiger partial charge in [-0.2, -0.15) is 0 Å². The minimum atomic E-state index is -0.662. The number of rotatable bonds is 14. The number of hydrogen-bond donors (Lipinski definition) is 0. The number of para-hydroxylation sites is 4. The molecule has 0 saturated heterocycles. The maximum Gasteiger partial charge on any atom is 0.135 e. The first-order valence-electron chi connectivity index (χ1n) is 64.0. The normalized spacial score (nSPS) is 15.9. The summed E-state index contributed by atoms with van der Waals surface area (Å²) >= 11 is 0. The monoisotopic (exact) mass is 1780 g/mol. The summed E-state index contributed by atoms with van der Waals surface area (Å²) in [6.45, 7) is 0. The Balaban J connectivity index is 0.000000135. The van der Waals surface area contributed by atoms with E-state index in [9.17, 15) is 4.11 Å². The van der Waals surface area contributed by atoms with Gasteiger partial charge < -0.3 is 28.0 Å². The zero-order valence-corrected chi connectivity index (χ0v) is 70.9. The molecule has 0 bridgehead atoms. The number of fused-ring (bicyclic) bond motifs is 18. The van der Waals surface area contributed by atoms with Crippen LogP contribution in [0.2, 0.25) is 0 Å². The third kappa shape index (κ3) is 14.7. The van der Waals surface area contributed by atoms with Gasteiger partial charge in [-0.15, -0.1) is 0 Å². The second-order valence-corrected chi connectivity index (χ2v) is 31.7. The first kappa shape index (κ1) is 47.6. The van der Waals surface area contributed by atoms with Crippen molar-refractivity contribution in [2.45, 2.75) is 0 Å². The fourth-order valence-electron chi connectivity index (χ4n) is 17.7. The van der Waals surface area contributed by atoms with Crippen molar-refractivity contribution >= 4 is 192 Å². The van der Waals surface area contributed by atoms with Gasteiger partial charge in [-0.1, -0.05) is 357 Å². The van der Waals surface area contributed by atoms with Gasteiger partial charge in [0.2, 0.25) is 0 Å². The zero-order valence-electron chi connectivity index (χ0n) is 113. The standard InChI is InChI=1S/C52H33NO.C44H29NO.C34H23NO/c1-3-13-41-36(11-1)31-48(45-17-7-5-15-43(41)45)34-21-25-38(26-22-34)53(40-29-30-52-50(33-40)47-19-9-10-20-51(47)54-52)39-27-23-35(24-28-39)49-32-37-12-2-4-14-42(37)44-16-6-8-18-46(44)49;1-3-19-37-30(11-1)13-9-22-39(37)32-15-7-17-34(27-32)45(36-25-26-44-42(29-36)41-21-5-6-24-43(41)46-44)35-18-8-16-33(28-35)40-23-10-14-31-12-2-4-20-38(31)40;1-2-11-26(12-3-1)35(28-21-22-34-32(23-28)31-14-6-7-16-33(31)36-34)27-19-17-25(18-20-27)30-15-8-10-24-9-4-5-13-29(24)30/h1-33H;1-29H;1-23H/i1D,2D,3D,4D,5D,6D,7D,8D,11D,12D,13D,14D,15D,16D,17D,18D,31D;1D,2D,3D,4D,9D,10D,11D,12D,13D,14D,19D,20D,22D,23D;4D,5D,8D,9D,10D,13D,15D,17D,18D,19D,20D. The van der Waals surface area contributed by atoms with Gasteiger partial charge in [0.25, 0.3) is 0 Å². The highest BCUT2D eigenvalue weighted by Crippen LogP contribution is 2.48. The van der Waals surface area contributed by atoms with E-state index in [1.807, 2.05) is 131 Å². The predicted molar refractivity (Wildman–Crippen MR) is 575 cm³/mol. The fraction of sp³-hybridized carbons (Fsp3) is 0. The molecule has 0 atom stereocenters. The number of nitrogens with zero attached hydrogens (tertiary/aromatic N) is 3. The second-order valence-electron chi connectivity index (χ2n) is 31.7. The molecule has 0 aliphatic carbocycles. The van der Waals surface area contributed by atoms with E-state index in [0.717, 1.165) is 32.3 Å². The molecule has 136 heavy (non-hydrogen) atoms. The molecule has 3 aromatic heterocycles. The zero-order chi connectivity index (χ0) is 126. The highest BCUT2D eigenvalue weighted by Gasteiger charge is 2.24. The van der Waals surface area contributed by atoms with Crippen LogP contribution in [0.3, 0.4) is 0 Å². The van der Waals surface area contributed by atoms with E-state index in [4.69, 9.17) is 66.7 Å². The molecule has 0 N–H and O–H groups in total. The minimum absolute atomic E-state index is 0.0193. The van der Waals surface area contributed by atoms with E-state index >= 15 is 0 Å². The molecule has 638 valence electrons. The number of hydrogen-bond acceptors (Lipinski definition) is 6. The first-order chi connectivity index (χ1) is 84.9. The van der Waals surface area contributed by atoms with Crippen LogP contribution >= 0.6 is 0 Å². The van der Waals surface area contributed by atoms with E-state index in [0.29, 0.717) is 107 Å². The molecule has 0 saturated carbocycles. The Morgan fingerprint density at radius 1 is 0.147 bits per heavy atom. The summed E-state index contributed by atoms with van der Waals surface area (Å²) in [6.07, 6.45) is 0. The average Bonchev–Trinajstić information content (AvgIpc) is 0.957. The van der Waals surface area contributed by atoms with Crippen LogP contribution in [0.1, 0.15) is 57.6 Å². The molecule has 0 spiro atoms. The third-order valence-corrected chi connectivity index (χ3v) is 23.9. The lowest BCUT2D eigenvalue weighted by Crippen LogP contribution is -2.10. The summed E-state index contributed by atoms with van der Waals surface area (Å²) in [6, 6.07) is 55.8. The Bertz CT molecular complexity index is 11800. The molecular weight excluding hydrogens is 1650 g/mol. The van der Waals surface area contributed by atoms with Crippen LogP contribution in [0.5, 0.6) is 0 Å². The fourth-order valence-corrected chi connectivity index (χ4v) is 17.7. The summed E-state index contributed by atoms with van der Waals surface area (Å²) < 4.78 is 383. The molecule has 0 radical (unpaired) electrons. The molecule has 3 heterocycles. The smallest absolute Gasteiger partial charge is 0.135 e. The van der Waals surface area contributed by atoms with Crippen molar-refractivity contribution in [3.05, 3.63) is 515 Å². The topological polar surface area (TPSA) is 49.1 Å². The Kier molecular flexibility index (Phi) is 12.0. The Morgan fingerprint density at radius 2 is 0.456 bits per heavy atom. The van der Waals surface area contributed by atoms with Gasteiger partial charge in [0.05, 0.1) is 57.6 Å². The molecule has 6 heteroatoms. The Labute approximate surface area is 845 Å². The van der Waals surface area contributed by atoms with E-state index in [1.54, 1.807) is 138 Å². The maximum atomic E-state index is 9.47. The number of furan rings is 3. The molecule has 0 fully saturated rings. The van der Waals surface area contributed by atoms with Crippen molar-refractivity contribution in [3.63, 3.8) is 0 Å². The van der Waals surface area contributed by atoms with Crippen LogP contribution in [0.15, 0.2) is 528 Å². The molecular formula is C130H85N3O3. The van der Waals surface area contributed by atoms with Gasteiger partial charge in [-0.25, -0.2) is 0 Å². The Hall–Kier alpha value is -18.1. The summed E-state index contributed by atoms with van der Waals surface area (Å²) in [5.74, 6) is 0. The van der Waals surface area contributed by atoms with Gasteiger partial charge in [0.1, 0.15) is 33.5 Å². The van der Waals surface area contributed by atoms with Gasteiger partial charge in [-0.3, -0.25) is 0 Å². The van der Waals surface area contributed by atoms with Crippen LogP contribution in [0.4, 0.5) is 51.2 Å². The van der Waals surface area contributed by atoms with Crippen LogP contribution in [-0.4, -0.2) is 0 Å². The molecule has 24 aromatic carbocycles. The maximum absolute atomic E-state index is 9.47. The van der Waals surface area contributed by atoms with Crippen LogP contribution in [-0.2, 0) is 0 Å². The molecule has 0 unspecified atom stereocenters. The van der Waals surface area contributed by atoms with E-state index in [1.165, 1.54) is 6.07 Å². The van der Waals surface area contributed by atoms with Gasteiger partial charge in [0, 0.05) is 83.5 Å². The van der Waals surface area contributed by atoms with Crippen molar-refractivity contribution in [1.82, 2.24) is 0 Å². The molecule has 27 aromatic rings. The number of anilines is 9. The van der Waals surface area contributed by atoms with Crippen molar-refractivity contribution < 1.29 is 70.8 Å². The summed E-state index contributed by atoms with van der Waals surface area (Å²) in [5, 5.41) is 3.40. The lowest BCUT2D eigenvalue weighted by atomic mass is 9.93. The highest BCUT2D eigenvalue weighted by molar-refractivity contribution is 6.17. The van der Waals surface area contributed by atoms with Gasteiger partial charge in [-0.05, 0) is 289 Å². The van der Waals surface area contributed by atoms with E-state index < -0.39 is 241 Å². The summed E-state index contributed by atoms with van der Waals surface area (Å²) in [5.41, 5.74) is 9.52. The quantitative estimate of drug-likeness (QED) is 0.101. The summed E-state index contributed by atoms with van der Waals surface area (Å²) in [7, 11) is 0. The van der Waals surface area contributed by atoms with Crippen LogP contribution in [0.25, 0.3) is 197 Å². The van der Waals surface area contributed by atoms with Gasteiger partial charge in [0.15, 0.2) is 0 Å². The third-order valence-electron chi connectivity index (χ3n) is 23.9. The molecule has 0 aliphatic rings. The highest BCUT2D eigenvalue weighted by atomic mass is 16.3. The van der Waals surface area contributed by atoms with Crippen molar-refractivity contribution in [2.75, 3.05) is 14.7 Å². The van der Waals surface area contributed by atoms with E-state index in [2.05, 4.69) is 0 Å². The van der Waals surface area contributed by atoms with Crippen molar-refractivity contribution in [2.24, 2.45) is 0 Å². The van der Waals surface area contributed by atoms with Crippen LogP contribution < -0.4 is 14.7 Å². The van der Waals surface area contributed by atoms with Crippen molar-refractivity contribution in [1.29, 1.82) is 0 Å². The average molecular weight is 1780 g/mol. The van der Waals surface area contributed by atoms with Crippen LogP contribution in [0, 0.1) is 0 Å². The minimum Gasteiger partial charge on any atom is -0.456 e. The first-order valence-corrected chi connectivity index (χ1v) is 43.0. The molecule has 27 rings (SSSR count). The Morgan fingerprint density at radius 3 is 0.912 bits per heavy atom. The number of benzene rings is 24.